The number of aliphatic imine (C=N–C) groups is 1. The predicted octanol–water partition coefficient (Wildman–Crippen LogP) is 4.63. The van der Waals surface area contributed by atoms with E-state index in [1.165, 1.54) is 24.0 Å². The van der Waals surface area contributed by atoms with Gasteiger partial charge in [-0.2, -0.15) is 0 Å². The van der Waals surface area contributed by atoms with E-state index in [1.54, 1.807) is 0 Å². The summed E-state index contributed by atoms with van der Waals surface area (Å²) in [6.07, 6.45) is 3.86. The number of aryl methyl sites for hydroxylation is 1. The zero-order chi connectivity index (χ0) is 18.5. The maximum Gasteiger partial charge on any atom is 0.193 e. The van der Waals surface area contributed by atoms with Crippen molar-refractivity contribution < 1.29 is 4.74 Å². The number of rotatable bonds is 3. The van der Waals surface area contributed by atoms with E-state index in [-0.39, 0.29) is 30.1 Å². The van der Waals surface area contributed by atoms with Gasteiger partial charge in [-0.1, -0.05) is 43.7 Å². The van der Waals surface area contributed by atoms with Crippen molar-refractivity contribution in [2.24, 2.45) is 22.7 Å². The molecule has 0 amide bonds. The van der Waals surface area contributed by atoms with Gasteiger partial charge in [-0.05, 0) is 43.6 Å². The highest BCUT2D eigenvalue weighted by molar-refractivity contribution is 14.0. The van der Waals surface area contributed by atoms with Crippen molar-refractivity contribution in [3.63, 3.8) is 0 Å². The van der Waals surface area contributed by atoms with Crippen molar-refractivity contribution in [3.05, 3.63) is 35.4 Å². The topological polar surface area (TPSA) is 36.9 Å². The van der Waals surface area contributed by atoms with Crippen molar-refractivity contribution in [2.75, 3.05) is 33.3 Å². The molecule has 1 N–H and O–H groups in total. The molecule has 1 aromatic rings. The first-order valence-electron chi connectivity index (χ1n) is 10.2. The third-order valence-corrected chi connectivity index (χ3v) is 5.75. The summed E-state index contributed by atoms with van der Waals surface area (Å²) in [5.74, 6) is 3.01. The molecule has 0 aliphatic carbocycles. The number of hydrogen-bond donors (Lipinski definition) is 1. The van der Waals surface area contributed by atoms with Gasteiger partial charge in [-0.25, -0.2) is 0 Å². The molecule has 0 bridgehead atoms. The Hall–Kier alpha value is -0.820. The molecule has 4 unspecified atom stereocenters. The van der Waals surface area contributed by atoms with Gasteiger partial charge in [0.25, 0.3) is 0 Å². The van der Waals surface area contributed by atoms with Gasteiger partial charge < -0.3 is 15.0 Å². The Morgan fingerprint density at radius 3 is 2.48 bits per heavy atom. The molecule has 0 radical (unpaired) electrons. The lowest BCUT2D eigenvalue weighted by atomic mass is 9.89. The van der Waals surface area contributed by atoms with Crippen LogP contribution in [0.15, 0.2) is 29.3 Å². The largest absolute Gasteiger partial charge is 0.373 e. The monoisotopic (exact) mass is 485 g/mol. The van der Waals surface area contributed by atoms with Crippen molar-refractivity contribution in [1.29, 1.82) is 0 Å². The molecule has 5 heteroatoms. The first-order chi connectivity index (χ1) is 12.6. The van der Waals surface area contributed by atoms with Gasteiger partial charge in [0.1, 0.15) is 0 Å². The number of nitrogens with one attached hydrogen (secondary N) is 1. The van der Waals surface area contributed by atoms with E-state index in [2.05, 4.69) is 60.2 Å². The van der Waals surface area contributed by atoms with Crippen molar-refractivity contribution in [1.82, 2.24) is 10.2 Å². The second-order valence-electron chi connectivity index (χ2n) is 8.38. The molecular formula is C22H36IN3O. The minimum absolute atomic E-state index is 0. The first kappa shape index (κ1) is 22.5. The van der Waals surface area contributed by atoms with Gasteiger partial charge in [-0.3, -0.25) is 4.99 Å². The van der Waals surface area contributed by atoms with E-state index in [0.29, 0.717) is 5.92 Å². The molecule has 27 heavy (non-hydrogen) atoms. The molecular weight excluding hydrogens is 449 g/mol. The van der Waals surface area contributed by atoms with E-state index in [1.807, 2.05) is 7.05 Å². The van der Waals surface area contributed by atoms with Crippen LogP contribution in [-0.4, -0.2) is 44.1 Å². The maximum atomic E-state index is 6.17. The smallest absolute Gasteiger partial charge is 0.193 e. The molecule has 2 heterocycles. The molecule has 3 rings (SSSR count). The summed E-state index contributed by atoms with van der Waals surface area (Å²) in [4.78, 5) is 7.00. The predicted molar refractivity (Wildman–Crippen MR) is 124 cm³/mol. The Bertz CT molecular complexity index is 594. The minimum Gasteiger partial charge on any atom is -0.373 e. The lowest BCUT2D eigenvalue weighted by Crippen LogP contribution is -2.49. The summed E-state index contributed by atoms with van der Waals surface area (Å²) in [6, 6.07) is 8.82. The first-order valence-corrected chi connectivity index (χ1v) is 10.2. The van der Waals surface area contributed by atoms with Crippen LogP contribution < -0.4 is 5.32 Å². The number of halogens is 1. The average Bonchev–Trinajstić information content (AvgIpc) is 2.62. The average molecular weight is 485 g/mol. The van der Waals surface area contributed by atoms with Crippen molar-refractivity contribution in [2.45, 2.75) is 46.1 Å². The Kier molecular flexibility index (Phi) is 8.86. The number of piperidine rings is 1. The van der Waals surface area contributed by atoms with Crippen LogP contribution in [0.2, 0.25) is 0 Å². The quantitative estimate of drug-likeness (QED) is 0.385. The highest BCUT2D eigenvalue weighted by Crippen LogP contribution is 2.33. The van der Waals surface area contributed by atoms with Crippen molar-refractivity contribution in [3.8, 4) is 0 Å². The van der Waals surface area contributed by atoms with E-state index >= 15 is 0 Å². The second-order valence-corrected chi connectivity index (χ2v) is 8.38. The molecule has 0 saturated carbocycles. The summed E-state index contributed by atoms with van der Waals surface area (Å²) < 4.78 is 6.17. The maximum absolute atomic E-state index is 6.17. The molecule has 4 atom stereocenters. The fourth-order valence-electron chi connectivity index (χ4n) is 4.57. The lowest BCUT2D eigenvalue weighted by Gasteiger charge is -2.38. The Morgan fingerprint density at radius 1 is 1.19 bits per heavy atom. The highest BCUT2D eigenvalue weighted by Gasteiger charge is 2.29. The molecule has 2 aliphatic rings. The number of hydrogen-bond acceptors (Lipinski definition) is 2. The fourth-order valence-corrected chi connectivity index (χ4v) is 4.57. The van der Waals surface area contributed by atoms with Gasteiger partial charge >= 0.3 is 0 Å². The highest BCUT2D eigenvalue weighted by atomic mass is 127. The molecule has 0 aromatic heterocycles. The van der Waals surface area contributed by atoms with Gasteiger partial charge in [0.2, 0.25) is 0 Å². The zero-order valence-corrected chi connectivity index (χ0v) is 19.6. The van der Waals surface area contributed by atoms with Crippen molar-refractivity contribution >= 4 is 29.9 Å². The number of likely N-dealkylation sites (tertiary alicyclic amines) is 1. The molecule has 2 fully saturated rings. The third kappa shape index (κ3) is 6.08. The van der Waals surface area contributed by atoms with Crippen LogP contribution in [0.1, 0.15) is 50.3 Å². The van der Waals surface area contributed by atoms with E-state index in [4.69, 9.17) is 4.74 Å². The summed E-state index contributed by atoms with van der Waals surface area (Å²) in [7, 11) is 1.90. The SMILES string of the molecule is CN=C(NCC1CCCOC1c1ccc(C)cc1)N1CC(C)CC(C)C1.I. The number of nitrogens with zero attached hydrogens (tertiary/aromatic N) is 2. The van der Waals surface area contributed by atoms with Crippen LogP contribution in [0.3, 0.4) is 0 Å². The summed E-state index contributed by atoms with van der Waals surface area (Å²) >= 11 is 0. The Morgan fingerprint density at radius 2 is 1.85 bits per heavy atom. The Labute approximate surface area is 182 Å². The van der Waals surface area contributed by atoms with Crippen LogP contribution in [0.4, 0.5) is 0 Å². The third-order valence-electron chi connectivity index (χ3n) is 5.75. The number of ether oxygens (including phenoxy) is 1. The molecule has 2 aliphatic heterocycles. The lowest BCUT2D eigenvalue weighted by molar-refractivity contribution is -0.0267. The van der Waals surface area contributed by atoms with Crippen LogP contribution >= 0.6 is 24.0 Å². The van der Waals surface area contributed by atoms with E-state index in [9.17, 15) is 0 Å². The summed E-state index contributed by atoms with van der Waals surface area (Å²) in [6.45, 7) is 10.8. The van der Waals surface area contributed by atoms with Crippen LogP contribution in [0, 0.1) is 24.7 Å². The summed E-state index contributed by atoms with van der Waals surface area (Å²) in [5.41, 5.74) is 2.60. The van der Waals surface area contributed by atoms with Gasteiger partial charge in [0.15, 0.2) is 5.96 Å². The summed E-state index contributed by atoms with van der Waals surface area (Å²) in [5, 5.41) is 3.66. The fraction of sp³-hybridized carbons (Fsp3) is 0.682. The minimum atomic E-state index is 0. The second kappa shape index (κ2) is 10.6. The number of benzene rings is 1. The van der Waals surface area contributed by atoms with E-state index < -0.39 is 0 Å². The van der Waals surface area contributed by atoms with Gasteiger partial charge in [0.05, 0.1) is 6.10 Å². The molecule has 1 aromatic carbocycles. The van der Waals surface area contributed by atoms with Crippen LogP contribution in [-0.2, 0) is 4.74 Å². The van der Waals surface area contributed by atoms with E-state index in [0.717, 1.165) is 50.5 Å². The molecule has 0 spiro atoms. The normalized spacial score (nSPS) is 29.2. The van der Waals surface area contributed by atoms with Crippen LogP contribution in [0.5, 0.6) is 0 Å². The Balaban J connectivity index is 0.00000261. The molecule has 2 saturated heterocycles. The zero-order valence-electron chi connectivity index (χ0n) is 17.3. The van der Waals surface area contributed by atoms with Gasteiger partial charge in [-0.15, -0.1) is 24.0 Å². The van der Waals surface area contributed by atoms with Gasteiger partial charge in [0, 0.05) is 39.2 Å². The standard InChI is InChI=1S/C22H35N3O.HI/c1-16-7-9-19(10-8-16)21-20(6-5-11-26-21)13-24-22(23-4)25-14-17(2)12-18(3)15-25;/h7-10,17-18,20-21H,5-6,11-15H2,1-4H3,(H,23,24);1H. The number of guanidine groups is 1. The molecule has 152 valence electrons. The molecule has 4 nitrogen and oxygen atoms in total. The van der Waals surface area contributed by atoms with Crippen LogP contribution in [0.25, 0.3) is 0 Å².